The van der Waals surface area contributed by atoms with Gasteiger partial charge in [0.1, 0.15) is 5.75 Å². The van der Waals surface area contributed by atoms with Crippen LogP contribution in [0.2, 0.25) is 0 Å². The smallest absolute Gasteiger partial charge is 0.379 e. The topological polar surface area (TPSA) is 50.7 Å². The van der Waals surface area contributed by atoms with Crippen LogP contribution in [0.1, 0.15) is 50.7 Å². The second-order valence-electron chi connectivity index (χ2n) is 5.62. The van der Waals surface area contributed by atoms with Gasteiger partial charge in [0.25, 0.3) is 0 Å². The summed E-state index contributed by atoms with van der Waals surface area (Å²) in [5, 5.41) is 2.95. The van der Waals surface area contributed by atoms with Gasteiger partial charge < -0.3 is 10.1 Å². The molecule has 0 fully saturated rings. The number of carbonyl (C=O) groups is 1. The molecule has 2 rings (SSSR count). The molecule has 108 valence electrons. The summed E-state index contributed by atoms with van der Waals surface area (Å²) in [5.41, 5.74) is 2.12. The molecule has 0 bridgehead atoms. The number of benzene rings is 1. The molecule has 0 amide bonds. The van der Waals surface area contributed by atoms with E-state index >= 15 is 0 Å². The van der Waals surface area contributed by atoms with Crippen molar-refractivity contribution in [2.75, 3.05) is 13.1 Å². The van der Waals surface area contributed by atoms with E-state index in [1.165, 1.54) is 0 Å². The third-order valence-electron chi connectivity index (χ3n) is 3.38. The van der Waals surface area contributed by atoms with Crippen molar-refractivity contribution in [1.29, 1.82) is 0 Å². The second-order valence-corrected chi connectivity index (χ2v) is 5.62. The fourth-order valence-electron chi connectivity index (χ4n) is 2.28. The van der Waals surface area contributed by atoms with Gasteiger partial charge in [0, 0.05) is 6.54 Å². The number of hydrogen-bond acceptors (Lipinski definition) is 4. The molecule has 1 heterocycles. The van der Waals surface area contributed by atoms with E-state index in [-0.39, 0.29) is 0 Å². The van der Waals surface area contributed by atoms with Crippen molar-refractivity contribution in [1.82, 2.24) is 5.32 Å². The average molecular weight is 274 g/mol. The lowest BCUT2D eigenvalue weighted by atomic mass is 9.94. The molecule has 4 nitrogen and oxygen atoms in total. The van der Waals surface area contributed by atoms with Crippen molar-refractivity contribution in [2.45, 2.75) is 39.5 Å². The van der Waals surface area contributed by atoms with E-state index in [1.807, 2.05) is 18.2 Å². The van der Waals surface area contributed by atoms with E-state index in [2.05, 4.69) is 38.0 Å². The number of carbonyl (C=O) groups excluding carboxylic acids is 1. The number of para-hydroxylation sites is 1. The first-order valence-corrected chi connectivity index (χ1v) is 7.14. The first-order valence-electron chi connectivity index (χ1n) is 7.14. The Morgan fingerprint density at radius 2 is 1.80 bits per heavy atom. The van der Waals surface area contributed by atoms with Crippen LogP contribution in [0.4, 0.5) is 0 Å². The number of amidine groups is 1. The monoisotopic (exact) mass is 274 g/mol. The summed E-state index contributed by atoms with van der Waals surface area (Å²) in [6.07, 6.45) is 0. The molecule has 1 aliphatic heterocycles. The third kappa shape index (κ3) is 3.00. The quantitative estimate of drug-likeness (QED) is 0.678. The van der Waals surface area contributed by atoms with Crippen LogP contribution in [0, 0.1) is 0 Å². The molecule has 1 aromatic carbocycles. The van der Waals surface area contributed by atoms with Crippen molar-refractivity contribution in [3.8, 4) is 5.75 Å². The van der Waals surface area contributed by atoms with Gasteiger partial charge in [-0.25, -0.2) is 4.79 Å². The maximum absolute atomic E-state index is 12.1. The Hall–Kier alpha value is -1.84. The van der Waals surface area contributed by atoms with Gasteiger partial charge in [0.2, 0.25) is 5.84 Å². The Kier molecular flexibility index (Phi) is 4.42. The Morgan fingerprint density at radius 1 is 1.20 bits per heavy atom. The highest BCUT2D eigenvalue weighted by molar-refractivity contribution is 6.36. The molecule has 1 N–H and O–H groups in total. The van der Waals surface area contributed by atoms with Gasteiger partial charge in [-0.2, -0.15) is 0 Å². The van der Waals surface area contributed by atoms with Crippen LogP contribution in [0.3, 0.4) is 0 Å². The number of nitrogens with zero attached hydrogens (tertiary/aromatic N) is 1. The maximum atomic E-state index is 12.1. The minimum absolute atomic E-state index is 0.301. The number of hydrogen-bond donors (Lipinski definition) is 1. The van der Waals surface area contributed by atoms with Gasteiger partial charge in [-0.05, 0) is 23.0 Å². The zero-order chi connectivity index (χ0) is 14.7. The van der Waals surface area contributed by atoms with E-state index in [0.717, 1.165) is 11.1 Å². The van der Waals surface area contributed by atoms with Gasteiger partial charge in [-0.3, -0.25) is 4.99 Å². The second kappa shape index (κ2) is 6.07. The van der Waals surface area contributed by atoms with Gasteiger partial charge in [0.15, 0.2) is 0 Å². The zero-order valence-corrected chi connectivity index (χ0v) is 12.6. The normalized spacial score (nSPS) is 14.4. The molecule has 0 saturated heterocycles. The van der Waals surface area contributed by atoms with Crippen LogP contribution in [0.25, 0.3) is 0 Å². The van der Waals surface area contributed by atoms with Crippen LogP contribution >= 0.6 is 0 Å². The molecule has 0 aromatic heterocycles. The number of aliphatic imine (C=N–C) groups is 1. The van der Waals surface area contributed by atoms with E-state index in [4.69, 9.17) is 4.74 Å². The van der Waals surface area contributed by atoms with Gasteiger partial charge in [0.05, 0.1) is 6.54 Å². The lowest BCUT2D eigenvalue weighted by Gasteiger charge is -2.18. The fraction of sp³-hybridized carbons (Fsp3) is 0.500. The highest BCUT2D eigenvalue weighted by Gasteiger charge is 2.22. The Balaban J connectivity index is 2.35. The molecule has 0 radical (unpaired) electrons. The number of ether oxygens (including phenoxy) is 1. The van der Waals surface area contributed by atoms with Gasteiger partial charge >= 0.3 is 5.97 Å². The lowest BCUT2D eigenvalue weighted by molar-refractivity contribution is -0.127. The summed E-state index contributed by atoms with van der Waals surface area (Å²) in [6, 6.07) is 6.05. The van der Waals surface area contributed by atoms with Crippen molar-refractivity contribution < 1.29 is 9.53 Å². The fourth-order valence-corrected chi connectivity index (χ4v) is 2.28. The molecule has 20 heavy (non-hydrogen) atoms. The predicted molar refractivity (Wildman–Crippen MR) is 80.6 cm³/mol. The van der Waals surface area contributed by atoms with Crippen LogP contribution in [0.5, 0.6) is 5.75 Å². The van der Waals surface area contributed by atoms with Gasteiger partial charge in [-0.15, -0.1) is 0 Å². The Bertz CT molecular complexity index is 507. The Labute approximate surface area is 120 Å². The minimum atomic E-state index is -0.391. The molecule has 1 aromatic rings. The van der Waals surface area contributed by atoms with Crippen molar-refractivity contribution in [2.24, 2.45) is 4.99 Å². The summed E-state index contributed by atoms with van der Waals surface area (Å²) in [5.74, 6) is 1.24. The molecule has 0 spiro atoms. The maximum Gasteiger partial charge on any atom is 0.379 e. The van der Waals surface area contributed by atoms with Crippen LogP contribution in [-0.2, 0) is 4.79 Å². The first-order chi connectivity index (χ1) is 9.50. The highest BCUT2D eigenvalue weighted by Crippen LogP contribution is 2.34. The van der Waals surface area contributed by atoms with Crippen molar-refractivity contribution >= 4 is 11.8 Å². The molecule has 1 aliphatic rings. The summed E-state index contributed by atoms with van der Waals surface area (Å²) < 4.78 is 5.65. The minimum Gasteiger partial charge on any atom is -0.420 e. The molecular weight excluding hydrogens is 252 g/mol. The third-order valence-corrected chi connectivity index (χ3v) is 3.38. The summed E-state index contributed by atoms with van der Waals surface area (Å²) in [6.45, 7) is 9.73. The van der Waals surface area contributed by atoms with Crippen molar-refractivity contribution in [3.63, 3.8) is 0 Å². The lowest BCUT2D eigenvalue weighted by Crippen LogP contribution is -2.31. The van der Waals surface area contributed by atoms with Crippen LogP contribution in [0.15, 0.2) is 23.2 Å². The molecule has 0 aliphatic carbocycles. The highest BCUT2D eigenvalue weighted by atomic mass is 16.5. The molecule has 0 unspecified atom stereocenters. The van der Waals surface area contributed by atoms with Crippen LogP contribution < -0.4 is 10.1 Å². The summed E-state index contributed by atoms with van der Waals surface area (Å²) in [4.78, 5) is 16.3. The first kappa shape index (κ1) is 14.6. The van der Waals surface area contributed by atoms with E-state index in [1.54, 1.807) is 0 Å². The molecule has 0 saturated carbocycles. The molecule has 0 atom stereocenters. The number of nitrogens with one attached hydrogen (secondary N) is 1. The Morgan fingerprint density at radius 3 is 2.25 bits per heavy atom. The SMILES string of the molecule is CC(C)c1cccc(C(C)C)c1OC(=O)C1=NCCN1. The van der Waals surface area contributed by atoms with Crippen LogP contribution in [-0.4, -0.2) is 24.9 Å². The molecule has 4 heteroatoms. The number of esters is 1. The van der Waals surface area contributed by atoms with Crippen molar-refractivity contribution in [3.05, 3.63) is 29.3 Å². The van der Waals surface area contributed by atoms with E-state index < -0.39 is 5.97 Å². The molecular formula is C16H22N2O2. The largest absolute Gasteiger partial charge is 0.420 e. The average Bonchev–Trinajstić information content (AvgIpc) is 2.92. The zero-order valence-electron chi connectivity index (χ0n) is 12.6. The predicted octanol–water partition coefficient (Wildman–Crippen LogP) is 2.84. The summed E-state index contributed by atoms with van der Waals surface area (Å²) >= 11 is 0. The summed E-state index contributed by atoms with van der Waals surface area (Å²) in [7, 11) is 0. The van der Waals surface area contributed by atoms with E-state index in [0.29, 0.717) is 36.5 Å². The van der Waals surface area contributed by atoms with Gasteiger partial charge in [-0.1, -0.05) is 45.9 Å². The standard InChI is InChI=1S/C16H22N2O2/c1-10(2)12-6-5-7-13(11(3)4)14(12)20-16(19)15-17-8-9-18-15/h5-7,10-11H,8-9H2,1-4H3,(H,17,18). The number of rotatable bonds is 4. The van der Waals surface area contributed by atoms with E-state index in [9.17, 15) is 4.79 Å².